The van der Waals surface area contributed by atoms with Crippen LogP contribution in [0.15, 0.2) is 54.6 Å². The van der Waals surface area contributed by atoms with Crippen LogP contribution in [-0.2, 0) is 9.13 Å². The van der Waals surface area contributed by atoms with E-state index in [1.807, 2.05) is 30.3 Å². The third-order valence-corrected chi connectivity index (χ3v) is 3.29. The second kappa shape index (κ2) is 7.80. The molecule has 20 heavy (non-hydrogen) atoms. The summed E-state index contributed by atoms with van der Waals surface area (Å²) in [5.74, 6) is -1.56. The van der Waals surface area contributed by atoms with Crippen molar-refractivity contribution in [2.45, 2.75) is 4.33 Å². The molecule has 0 aromatic heterocycles. The molecule has 2 aromatic rings. The van der Waals surface area contributed by atoms with E-state index in [4.69, 9.17) is 23.2 Å². The number of hydrogen-bond donors (Lipinski definition) is 1. The van der Waals surface area contributed by atoms with Crippen LogP contribution in [0, 0.1) is 0 Å². The molecule has 2 rings (SSSR count). The number of benzene rings is 2. The molecular formula is C14H10Cl2KNO2. The number of para-hydroxylation sites is 2. The Morgan fingerprint density at radius 1 is 1.00 bits per heavy atom. The number of carbonyl (C=O) groups excluding carboxylic acids is 1. The van der Waals surface area contributed by atoms with E-state index in [9.17, 15) is 9.90 Å². The topological polar surface area (TPSA) is 52.2 Å². The molecule has 0 unspecified atom stereocenters. The van der Waals surface area contributed by atoms with Crippen LogP contribution in [0.4, 0.5) is 11.4 Å². The smallest absolute Gasteiger partial charge is 0.546 e. The molecule has 0 atom stereocenters. The maximum atomic E-state index is 11.0. The quantitative estimate of drug-likeness (QED) is 0.623. The minimum atomic E-state index is -2.10. The van der Waals surface area contributed by atoms with Gasteiger partial charge in [0.25, 0.3) is 0 Å². The molecule has 0 bridgehead atoms. The van der Waals surface area contributed by atoms with Crippen LogP contribution in [0.5, 0.6) is 0 Å². The van der Waals surface area contributed by atoms with Gasteiger partial charge >= 0.3 is 51.4 Å². The maximum Gasteiger partial charge on any atom is 1.00 e. The fraction of sp³-hybridized carbons (Fsp3) is 0.0714. The van der Waals surface area contributed by atoms with E-state index >= 15 is 0 Å². The van der Waals surface area contributed by atoms with Crippen molar-refractivity contribution in [3.63, 3.8) is 0 Å². The molecule has 0 radical (unpaired) electrons. The van der Waals surface area contributed by atoms with Crippen LogP contribution in [0.2, 0.25) is 0 Å². The zero-order valence-electron chi connectivity index (χ0n) is 10.8. The molecule has 0 aliphatic heterocycles. The molecule has 0 aliphatic carbocycles. The minimum absolute atomic E-state index is 0. The zero-order valence-corrected chi connectivity index (χ0v) is 15.4. The van der Waals surface area contributed by atoms with E-state index in [2.05, 4.69) is 5.32 Å². The molecule has 0 fully saturated rings. The van der Waals surface area contributed by atoms with E-state index in [-0.39, 0.29) is 56.9 Å². The molecule has 0 heterocycles. The molecule has 0 spiro atoms. The number of anilines is 2. The van der Waals surface area contributed by atoms with Crippen LogP contribution in [-0.4, -0.2) is 5.97 Å². The number of alkyl halides is 2. The molecule has 6 heteroatoms. The van der Waals surface area contributed by atoms with Gasteiger partial charge in [0.2, 0.25) is 0 Å². The van der Waals surface area contributed by atoms with Gasteiger partial charge in [-0.1, -0.05) is 59.6 Å². The average molecular weight is 334 g/mol. The van der Waals surface area contributed by atoms with Gasteiger partial charge in [-0.25, -0.2) is 0 Å². The first-order chi connectivity index (χ1) is 9.01. The molecule has 98 valence electrons. The van der Waals surface area contributed by atoms with Crippen molar-refractivity contribution in [3.05, 3.63) is 60.2 Å². The monoisotopic (exact) mass is 333 g/mol. The van der Waals surface area contributed by atoms with E-state index in [1.54, 1.807) is 24.3 Å². The van der Waals surface area contributed by atoms with Gasteiger partial charge in [-0.15, -0.1) is 0 Å². The fourth-order valence-electron chi connectivity index (χ4n) is 1.65. The number of carbonyl (C=O) groups is 1. The summed E-state index contributed by atoms with van der Waals surface area (Å²) in [6.45, 7) is 0. The van der Waals surface area contributed by atoms with Crippen molar-refractivity contribution in [2.75, 3.05) is 5.32 Å². The Morgan fingerprint density at radius 2 is 1.55 bits per heavy atom. The SMILES string of the molecule is O=C([O-])C(Cl)(Cl)c1ccccc1Nc1ccccc1.[K+]. The van der Waals surface area contributed by atoms with Crippen molar-refractivity contribution in [3.8, 4) is 0 Å². The number of carboxylic acids is 1. The maximum absolute atomic E-state index is 11.0. The van der Waals surface area contributed by atoms with E-state index in [0.29, 0.717) is 5.69 Å². The summed E-state index contributed by atoms with van der Waals surface area (Å²) in [4.78, 5) is 11.0. The van der Waals surface area contributed by atoms with Gasteiger partial charge in [0.15, 0.2) is 4.33 Å². The third-order valence-electron chi connectivity index (χ3n) is 2.57. The first-order valence-electron chi connectivity index (χ1n) is 5.52. The Labute approximate surface area is 169 Å². The minimum Gasteiger partial charge on any atom is -0.546 e. The fourth-order valence-corrected chi connectivity index (χ4v) is 1.98. The molecule has 1 N–H and O–H groups in total. The van der Waals surface area contributed by atoms with Crippen LogP contribution < -0.4 is 61.8 Å². The second-order valence-electron chi connectivity index (χ2n) is 3.90. The van der Waals surface area contributed by atoms with Gasteiger partial charge in [-0.3, -0.25) is 0 Å². The third kappa shape index (κ3) is 4.21. The molecule has 0 amide bonds. The first-order valence-corrected chi connectivity index (χ1v) is 6.28. The van der Waals surface area contributed by atoms with Crippen molar-refractivity contribution >= 4 is 40.5 Å². The van der Waals surface area contributed by atoms with Crippen LogP contribution >= 0.6 is 23.2 Å². The number of halogens is 2. The normalized spacial score (nSPS) is 10.5. The second-order valence-corrected chi connectivity index (χ2v) is 5.23. The summed E-state index contributed by atoms with van der Waals surface area (Å²) >= 11 is 11.7. The van der Waals surface area contributed by atoms with E-state index in [1.165, 1.54) is 0 Å². The molecule has 0 saturated heterocycles. The number of carboxylic acid groups (broad SMARTS) is 1. The Kier molecular flexibility index (Phi) is 7.01. The number of rotatable bonds is 4. The van der Waals surface area contributed by atoms with Gasteiger partial charge in [0, 0.05) is 16.9 Å². The van der Waals surface area contributed by atoms with Crippen LogP contribution in [0.25, 0.3) is 0 Å². The van der Waals surface area contributed by atoms with Crippen molar-refractivity contribution < 1.29 is 61.3 Å². The molecule has 0 aliphatic rings. The van der Waals surface area contributed by atoms with Crippen LogP contribution in [0.3, 0.4) is 0 Å². The van der Waals surface area contributed by atoms with Crippen LogP contribution in [0.1, 0.15) is 5.56 Å². The number of hydrogen-bond acceptors (Lipinski definition) is 3. The molecular weight excluding hydrogens is 324 g/mol. The number of nitrogens with one attached hydrogen (secondary N) is 1. The standard InChI is InChI=1S/C14H11Cl2NO2.K/c15-14(16,13(18)19)11-8-4-5-9-12(11)17-10-6-2-1-3-7-10;/h1-9,17H,(H,18,19);/q;+1/p-1. The Balaban J connectivity index is 0.00000200. The van der Waals surface area contributed by atoms with Gasteiger partial charge in [0.1, 0.15) is 0 Å². The summed E-state index contributed by atoms with van der Waals surface area (Å²) in [6.07, 6.45) is 0. The van der Waals surface area contributed by atoms with E-state index < -0.39 is 10.3 Å². The molecule has 3 nitrogen and oxygen atoms in total. The van der Waals surface area contributed by atoms with Crippen molar-refractivity contribution in [2.24, 2.45) is 0 Å². The summed E-state index contributed by atoms with van der Waals surface area (Å²) in [5, 5.41) is 14.1. The first kappa shape index (κ1) is 18.0. The molecule has 0 saturated carbocycles. The van der Waals surface area contributed by atoms with Gasteiger partial charge in [-0.05, 0) is 18.2 Å². The largest absolute Gasteiger partial charge is 1.00 e. The van der Waals surface area contributed by atoms with Crippen molar-refractivity contribution in [1.29, 1.82) is 0 Å². The zero-order chi connectivity index (χ0) is 13.9. The number of aliphatic carboxylic acids is 1. The van der Waals surface area contributed by atoms with Gasteiger partial charge < -0.3 is 15.2 Å². The summed E-state index contributed by atoms with van der Waals surface area (Å²) in [5.41, 5.74) is 1.56. The summed E-state index contributed by atoms with van der Waals surface area (Å²) < 4.78 is -2.10. The summed E-state index contributed by atoms with van der Waals surface area (Å²) in [7, 11) is 0. The van der Waals surface area contributed by atoms with Gasteiger partial charge in [-0.2, -0.15) is 0 Å². The summed E-state index contributed by atoms with van der Waals surface area (Å²) in [6, 6.07) is 16.0. The van der Waals surface area contributed by atoms with Gasteiger partial charge in [0.05, 0.1) is 5.97 Å². The van der Waals surface area contributed by atoms with Crippen molar-refractivity contribution in [1.82, 2.24) is 0 Å². The average Bonchev–Trinajstić information content (AvgIpc) is 2.40. The predicted octanol–water partition coefficient (Wildman–Crippen LogP) is -0.186. The van der Waals surface area contributed by atoms with E-state index in [0.717, 1.165) is 5.69 Å². The Hall–Kier alpha value is -0.0736. The Morgan fingerprint density at radius 3 is 2.15 bits per heavy atom. The predicted molar refractivity (Wildman–Crippen MR) is 74.6 cm³/mol. The Bertz CT molecular complexity index is 591. The molecule has 2 aromatic carbocycles.